The predicted molar refractivity (Wildman–Crippen MR) is 76.2 cm³/mol. The molecule has 3 N–H and O–H groups in total. The summed E-state index contributed by atoms with van der Waals surface area (Å²) in [6.45, 7) is 7.44. The van der Waals surface area contributed by atoms with E-state index in [4.69, 9.17) is 10.5 Å². The van der Waals surface area contributed by atoms with Gasteiger partial charge in [0, 0.05) is 39.8 Å². The number of carbonyl (C=O) groups excluding carboxylic acids is 2. The van der Waals surface area contributed by atoms with E-state index in [0.717, 1.165) is 0 Å². The van der Waals surface area contributed by atoms with E-state index in [1.165, 1.54) is 0 Å². The van der Waals surface area contributed by atoms with Crippen molar-refractivity contribution in [2.75, 3.05) is 53.0 Å². The van der Waals surface area contributed by atoms with Crippen LogP contribution in [0.15, 0.2) is 0 Å². The number of carbonyl (C=O) groups is 2. The number of methoxy groups -OCH3 is 1. The molecule has 1 aliphatic rings. The Hall–Kier alpha value is -1.18. The van der Waals surface area contributed by atoms with Crippen LogP contribution in [-0.4, -0.2) is 80.1 Å². The minimum absolute atomic E-state index is 0.0130. The van der Waals surface area contributed by atoms with Gasteiger partial charge >= 0.3 is 0 Å². The van der Waals surface area contributed by atoms with E-state index >= 15 is 0 Å². The van der Waals surface area contributed by atoms with Crippen LogP contribution in [0.5, 0.6) is 0 Å². The smallest absolute Gasteiger partial charge is 0.242 e. The fraction of sp³-hybridized carbons (Fsp3) is 0.846. The number of nitrogens with one attached hydrogen (secondary N) is 1. The summed E-state index contributed by atoms with van der Waals surface area (Å²) in [6, 6.07) is 0. The Morgan fingerprint density at radius 1 is 1.25 bits per heavy atom. The highest BCUT2D eigenvalue weighted by atomic mass is 16.5. The van der Waals surface area contributed by atoms with Gasteiger partial charge in [0.2, 0.25) is 11.8 Å². The van der Waals surface area contributed by atoms with Gasteiger partial charge in [0.15, 0.2) is 0 Å². The third-order valence-electron chi connectivity index (χ3n) is 3.21. The molecule has 0 radical (unpaired) electrons. The van der Waals surface area contributed by atoms with Crippen molar-refractivity contribution in [2.45, 2.75) is 19.4 Å². The number of hydrogen-bond donors (Lipinski definition) is 2. The summed E-state index contributed by atoms with van der Waals surface area (Å²) in [4.78, 5) is 27.5. The largest absolute Gasteiger partial charge is 0.383 e. The second kappa shape index (κ2) is 7.56. The number of amides is 2. The first-order valence-electron chi connectivity index (χ1n) is 6.91. The molecule has 116 valence electrons. The van der Waals surface area contributed by atoms with Crippen molar-refractivity contribution in [3.05, 3.63) is 0 Å². The molecule has 0 aliphatic carbocycles. The van der Waals surface area contributed by atoms with Crippen LogP contribution in [0.4, 0.5) is 0 Å². The van der Waals surface area contributed by atoms with Gasteiger partial charge in [-0.15, -0.1) is 0 Å². The van der Waals surface area contributed by atoms with Gasteiger partial charge in [0.25, 0.3) is 0 Å². The molecule has 0 aromatic heterocycles. The van der Waals surface area contributed by atoms with E-state index in [1.54, 1.807) is 25.9 Å². The lowest BCUT2D eigenvalue weighted by Crippen LogP contribution is -2.57. The lowest BCUT2D eigenvalue weighted by atomic mass is 10.0. The van der Waals surface area contributed by atoms with E-state index in [0.29, 0.717) is 45.9 Å². The molecule has 1 rings (SSSR count). The van der Waals surface area contributed by atoms with Crippen molar-refractivity contribution >= 4 is 11.8 Å². The lowest BCUT2D eigenvalue weighted by Gasteiger charge is -2.37. The quantitative estimate of drug-likeness (QED) is 0.588. The highest BCUT2D eigenvalue weighted by Crippen LogP contribution is 2.08. The Labute approximate surface area is 120 Å². The molecule has 1 aliphatic heterocycles. The molecular weight excluding hydrogens is 260 g/mol. The van der Waals surface area contributed by atoms with Crippen LogP contribution in [0.25, 0.3) is 0 Å². The SMILES string of the molecule is COCCNC(=O)CN1CCN(C(=O)C(C)(C)N)CC1. The van der Waals surface area contributed by atoms with Gasteiger partial charge in [-0.25, -0.2) is 0 Å². The normalized spacial score (nSPS) is 17.1. The van der Waals surface area contributed by atoms with E-state index in [1.807, 2.05) is 4.90 Å². The van der Waals surface area contributed by atoms with Crippen LogP contribution < -0.4 is 11.1 Å². The maximum Gasteiger partial charge on any atom is 0.242 e. The highest BCUT2D eigenvalue weighted by Gasteiger charge is 2.30. The molecule has 7 heteroatoms. The van der Waals surface area contributed by atoms with Crippen LogP contribution in [0.2, 0.25) is 0 Å². The van der Waals surface area contributed by atoms with Crippen LogP contribution in [0.3, 0.4) is 0 Å². The maximum absolute atomic E-state index is 12.0. The topological polar surface area (TPSA) is 87.9 Å². The second-order valence-corrected chi connectivity index (χ2v) is 5.63. The van der Waals surface area contributed by atoms with Crippen LogP contribution in [0, 0.1) is 0 Å². The van der Waals surface area contributed by atoms with Crippen molar-refractivity contribution in [1.82, 2.24) is 15.1 Å². The monoisotopic (exact) mass is 286 g/mol. The Kier molecular flexibility index (Phi) is 6.38. The molecule has 1 fully saturated rings. The summed E-state index contributed by atoms with van der Waals surface area (Å²) in [5, 5.41) is 2.78. The molecule has 0 aromatic rings. The molecule has 0 bridgehead atoms. The summed E-state index contributed by atoms with van der Waals surface area (Å²) in [6.07, 6.45) is 0. The molecule has 0 saturated carbocycles. The third-order valence-corrected chi connectivity index (χ3v) is 3.21. The average molecular weight is 286 g/mol. The molecule has 0 atom stereocenters. The maximum atomic E-state index is 12.0. The second-order valence-electron chi connectivity index (χ2n) is 5.63. The summed E-state index contributed by atoms with van der Waals surface area (Å²) < 4.78 is 4.87. The van der Waals surface area contributed by atoms with E-state index in [9.17, 15) is 9.59 Å². The van der Waals surface area contributed by atoms with Crippen molar-refractivity contribution < 1.29 is 14.3 Å². The molecule has 1 heterocycles. The Bertz CT molecular complexity index is 333. The van der Waals surface area contributed by atoms with Gasteiger partial charge in [0.05, 0.1) is 18.7 Å². The van der Waals surface area contributed by atoms with Gasteiger partial charge in [-0.1, -0.05) is 0 Å². The molecule has 20 heavy (non-hydrogen) atoms. The van der Waals surface area contributed by atoms with Crippen molar-refractivity contribution in [1.29, 1.82) is 0 Å². The van der Waals surface area contributed by atoms with Crippen LogP contribution >= 0.6 is 0 Å². The number of ether oxygens (including phenoxy) is 1. The Morgan fingerprint density at radius 2 is 1.85 bits per heavy atom. The first-order valence-corrected chi connectivity index (χ1v) is 6.91. The van der Waals surface area contributed by atoms with Crippen LogP contribution in [0.1, 0.15) is 13.8 Å². The van der Waals surface area contributed by atoms with E-state index < -0.39 is 5.54 Å². The minimum atomic E-state index is -0.834. The fourth-order valence-electron chi connectivity index (χ4n) is 2.07. The molecule has 0 aromatic carbocycles. The first kappa shape index (κ1) is 16.9. The molecular formula is C13H26N4O3. The third kappa shape index (κ3) is 5.44. The van der Waals surface area contributed by atoms with Gasteiger partial charge in [-0.3, -0.25) is 14.5 Å². The summed E-state index contributed by atoms with van der Waals surface area (Å²) >= 11 is 0. The molecule has 1 saturated heterocycles. The average Bonchev–Trinajstić information content (AvgIpc) is 2.38. The standard InChI is InChI=1S/C13H26N4O3/c1-13(2,14)12(19)17-7-5-16(6-8-17)10-11(18)15-4-9-20-3/h4-10,14H2,1-3H3,(H,15,18). The molecule has 0 spiro atoms. The zero-order chi connectivity index (χ0) is 15.2. The predicted octanol–water partition coefficient (Wildman–Crippen LogP) is -1.37. The van der Waals surface area contributed by atoms with E-state index in [-0.39, 0.29) is 11.8 Å². The minimum Gasteiger partial charge on any atom is -0.383 e. The zero-order valence-corrected chi connectivity index (χ0v) is 12.6. The van der Waals surface area contributed by atoms with E-state index in [2.05, 4.69) is 5.32 Å². The zero-order valence-electron chi connectivity index (χ0n) is 12.6. The van der Waals surface area contributed by atoms with Gasteiger partial charge < -0.3 is 20.7 Å². The Balaban J connectivity index is 2.28. The molecule has 7 nitrogen and oxygen atoms in total. The number of hydrogen-bond acceptors (Lipinski definition) is 5. The van der Waals surface area contributed by atoms with Crippen molar-refractivity contribution in [3.8, 4) is 0 Å². The number of nitrogens with two attached hydrogens (primary N) is 1. The summed E-state index contributed by atoms with van der Waals surface area (Å²) in [5.74, 6) is -0.0531. The molecule has 2 amide bonds. The van der Waals surface area contributed by atoms with Crippen molar-refractivity contribution in [2.24, 2.45) is 5.73 Å². The number of nitrogens with zero attached hydrogens (tertiary/aromatic N) is 2. The molecule has 0 unspecified atom stereocenters. The van der Waals surface area contributed by atoms with Crippen LogP contribution in [-0.2, 0) is 14.3 Å². The highest BCUT2D eigenvalue weighted by molar-refractivity contribution is 5.85. The van der Waals surface area contributed by atoms with Gasteiger partial charge in [-0.2, -0.15) is 0 Å². The Morgan fingerprint density at radius 3 is 2.35 bits per heavy atom. The van der Waals surface area contributed by atoms with Gasteiger partial charge in [0.1, 0.15) is 0 Å². The first-order chi connectivity index (χ1) is 9.34. The van der Waals surface area contributed by atoms with Gasteiger partial charge in [-0.05, 0) is 13.8 Å². The summed E-state index contributed by atoms with van der Waals surface area (Å²) in [5.41, 5.74) is 4.98. The lowest BCUT2D eigenvalue weighted by molar-refractivity contribution is -0.137. The van der Waals surface area contributed by atoms with Crippen molar-refractivity contribution in [3.63, 3.8) is 0 Å². The fourth-order valence-corrected chi connectivity index (χ4v) is 2.07. The number of rotatable bonds is 6. The number of piperazine rings is 1. The summed E-state index contributed by atoms with van der Waals surface area (Å²) in [7, 11) is 1.60.